The van der Waals surface area contributed by atoms with Crippen molar-refractivity contribution in [3.63, 3.8) is 0 Å². The van der Waals surface area contributed by atoms with Crippen LogP contribution in [0.1, 0.15) is 5.48 Å². The summed E-state index contributed by atoms with van der Waals surface area (Å²) < 4.78 is 40.4. The monoisotopic (exact) mass is 718 g/mol. The molecule has 0 N–H and O–H groups in total. The van der Waals surface area contributed by atoms with Crippen molar-refractivity contribution < 1.29 is 5.48 Å². The third-order valence-corrected chi connectivity index (χ3v) is 10.5. The number of anilines is 3. The van der Waals surface area contributed by atoms with Crippen LogP contribution in [0.15, 0.2) is 230 Å². The molecule has 1 aromatic heterocycles. The molecule has 0 atom stereocenters. The van der Waals surface area contributed by atoms with Crippen molar-refractivity contribution >= 4 is 38.9 Å². The minimum Gasteiger partial charge on any atom is -0.310 e. The molecule has 0 bridgehead atoms. The Hall–Kier alpha value is -7.42. The molecule has 0 saturated heterocycles. The molecule has 10 aromatic rings. The minimum atomic E-state index is -0.124. The van der Waals surface area contributed by atoms with Gasteiger partial charge in [-0.3, -0.25) is 0 Å². The Morgan fingerprint density at radius 1 is 0.339 bits per heavy atom. The van der Waals surface area contributed by atoms with E-state index in [1.807, 2.05) is 132 Å². The highest BCUT2D eigenvalue weighted by Crippen LogP contribution is 2.43. The van der Waals surface area contributed by atoms with Gasteiger partial charge in [0, 0.05) is 33.4 Å². The fourth-order valence-corrected chi connectivity index (χ4v) is 7.77. The summed E-state index contributed by atoms with van der Waals surface area (Å²) in [4.78, 5) is 1.90. The molecule has 264 valence electrons. The second kappa shape index (κ2) is 14.4. The summed E-state index contributed by atoms with van der Waals surface area (Å²) in [6, 6.07) is 68.9. The van der Waals surface area contributed by atoms with E-state index in [0.29, 0.717) is 11.3 Å². The summed E-state index contributed by atoms with van der Waals surface area (Å²) in [6.45, 7) is 0. The van der Waals surface area contributed by atoms with E-state index in [-0.39, 0.29) is 35.4 Å². The molecule has 0 radical (unpaired) electrons. The van der Waals surface area contributed by atoms with Crippen molar-refractivity contribution in [2.45, 2.75) is 0 Å². The van der Waals surface area contributed by atoms with Gasteiger partial charge in [-0.25, -0.2) is 0 Å². The number of fused-ring (bicyclic) bond motifs is 3. The number of para-hydroxylation sites is 3. The summed E-state index contributed by atoms with van der Waals surface area (Å²) in [7, 11) is 0. The quantitative estimate of drug-likeness (QED) is 0.152. The number of hydrogen-bond acceptors (Lipinski definition) is 1. The van der Waals surface area contributed by atoms with Gasteiger partial charge in [-0.1, -0.05) is 170 Å². The maximum atomic E-state index is 9.63. The highest BCUT2D eigenvalue weighted by molar-refractivity contribution is 6.10. The molecule has 56 heavy (non-hydrogen) atoms. The molecule has 0 aliphatic carbocycles. The first-order valence-electron chi connectivity index (χ1n) is 20.9. The van der Waals surface area contributed by atoms with Crippen molar-refractivity contribution in [2.75, 3.05) is 4.90 Å². The molecule has 9 aromatic carbocycles. The zero-order valence-corrected chi connectivity index (χ0v) is 30.5. The highest BCUT2D eigenvalue weighted by atomic mass is 15.1. The molecule has 0 aliphatic rings. The van der Waals surface area contributed by atoms with Crippen LogP contribution in [0.5, 0.6) is 0 Å². The Morgan fingerprint density at radius 2 is 0.875 bits per heavy atom. The first-order chi connectivity index (χ1) is 29.5. The van der Waals surface area contributed by atoms with Gasteiger partial charge < -0.3 is 9.47 Å². The van der Waals surface area contributed by atoms with Crippen LogP contribution in [0.2, 0.25) is 0 Å². The van der Waals surface area contributed by atoms with Crippen LogP contribution < -0.4 is 4.90 Å². The van der Waals surface area contributed by atoms with Gasteiger partial charge in [-0.05, 0) is 99.6 Å². The van der Waals surface area contributed by atoms with Crippen LogP contribution in [-0.2, 0) is 0 Å². The molecular weight excluding hydrogens is 677 g/mol. The van der Waals surface area contributed by atoms with Gasteiger partial charge in [0.05, 0.1) is 22.2 Å². The predicted molar refractivity (Wildman–Crippen MR) is 237 cm³/mol. The lowest BCUT2D eigenvalue weighted by molar-refractivity contribution is 1.18. The van der Waals surface area contributed by atoms with E-state index in [4.69, 9.17) is 0 Å². The first-order valence-corrected chi connectivity index (χ1v) is 18.9. The average Bonchev–Trinajstić information content (AvgIpc) is 3.65. The van der Waals surface area contributed by atoms with Crippen LogP contribution in [0.25, 0.3) is 72.0 Å². The van der Waals surface area contributed by atoms with Crippen molar-refractivity contribution in [3.8, 4) is 50.2 Å². The maximum absolute atomic E-state index is 9.63. The lowest BCUT2D eigenvalue weighted by Gasteiger charge is -2.28. The molecule has 0 amide bonds. The Bertz CT molecular complexity index is 3150. The molecule has 1 heterocycles. The Morgan fingerprint density at radius 3 is 1.62 bits per heavy atom. The second-order valence-electron chi connectivity index (χ2n) is 13.9. The standard InChI is InChI=1S/C54H38N2/c1-4-15-39(16-5-1)40-27-29-41(30-28-40)42-31-34-47(35-32-42)55(52-25-12-10-23-49(52)43-17-6-2-7-18-43)48-22-14-19-44(37-48)45-33-36-54-51(38-45)50-24-11-13-26-53(50)56(54)46-20-8-3-9-21-46/h1-38H/i31D,32D,34D,35D. The van der Waals surface area contributed by atoms with Crippen LogP contribution in [0.3, 0.4) is 0 Å². The van der Waals surface area contributed by atoms with Gasteiger partial charge in [0.25, 0.3) is 0 Å². The number of rotatable bonds is 8. The van der Waals surface area contributed by atoms with Crippen molar-refractivity contribution in [2.24, 2.45) is 0 Å². The van der Waals surface area contributed by atoms with Crippen molar-refractivity contribution in [1.82, 2.24) is 4.57 Å². The molecule has 0 fully saturated rings. The van der Waals surface area contributed by atoms with Gasteiger partial charge >= 0.3 is 0 Å². The zero-order valence-electron chi connectivity index (χ0n) is 34.5. The van der Waals surface area contributed by atoms with Crippen molar-refractivity contribution in [3.05, 3.63) is 230 Å². The van der Waals surface area contributed by atoms with Gasteiger partial charge in [0.15, 0.2) is 0 Å². The summed E-state index contributed by atoms with van der Waals surface area (Å²) in [6.07, 6.45) is 0. The minimum absolute atomic E-state index is 0.0999. The van der Waals surface area contributed by atoms with E-state index in [1.165, 1.54) is 0 Å². The molecule has 2 nitrogen and oxygen atoms in total. The number of benzene rings is 9. The number of nitrogens with zero attached hydrogens (tertiary/aromatic N) is 2. The number of hydrogen-bond donors (Lipinski definition) is 0. The van der Waals surface area contributed by atoms with Crippen LogP contribution in [-0.4, -0.2) is 4.57 Å². The Labute approximate surface area is 333 Å². The molecule has 2 heteroatoms. The van der Waals surface area contributed by atoms with Gasteiger partial charge in [-0.2, -0.15) is 0 Å². The molecule has 10 rings (SSSR count). The van der Waals surface area contributed by atoms with E-state index in [2.05, 4.69) is 83.4 Å². The Balaban J connectivity index is 1.15. The number of aromatic nitrogens is 1. The van der Waals surface area contributed by atoms with Crippen LogP contribution in [0.4, 0.5) is 17.1 Å². The van der Waals surface area contributed by atoms with Gasteiger partial charge in [-0.15, -0.1) is 0 Å². The first kappa shape index (κ1) is 29.0. The van der Waals surface area contributed by atoms with E-state index in [9.17, 15) is 5.48 Å². The fourth-order valence-electron chi connectivity index (χ4n) is 7.77. The summed E-state index contributed by atoms with van der Waals surface area (Å²) >= 11 is 0. The maximum Gasteiger partial charge on any atom is 0.0645 e. The fraction of sp³-hybridized carbons (Fsp3) is 0. The third-order valence-electron chi connectivity index (χ3n) is 10.5. The topological polar surface area (TPSA) is 8.17 Å². The SMILES string of the molecule is [2H]c1c([2H])c(N(c2cccc(-c3ccc4c(c3)c3ccccc3n4-c3ccccc3)c2)c2ccccc2-c2ccccc2)c([2H])c([2H])c1-c1ccc(-c2ccccc2)cc1. The molecular formula is C54H38N2. The van der Waals surface area contributed by atoms with Gasteiger partial charge in [0.1, 0.15) is 0 Å². The summed E-state index contributed by atoms with van der Waals surface area (Å²) in [5, 5.41) is 2.29. The third kappa shape index (κ3) is 6.14. The van der Waals surface area contributed by atoms with Crippen LogP contribution >= 0.6 is 0 Å². The summed E-state index contributed by atoms with van der Waals surface area (Å²) in [5.41, 5.74) is 11.8. The largest absolute Gasteiger partial charge is 0.310 e. The molecule has 0 spiro atoms. The normalized spacial score (nSPS) is 12.2. The van der Waals surface area contributed by atoms with Crippen LogP contribution in [0, 0.1) is 0 Å². The average molecular weight is 719 g/mol. The van der Waals surface area contributed by atoms with E-state index >= 15 is 0 Å². The van der Waals surface area contributed by atoms with E-state index in [1.54, 1.807) is 0 Å². The second-order valence-corrected chi connectivity index (χ2v) is 13.9. The molecule has 0 unspecified atom stereocenters. The predicted octanol–water partition coefficient (Wildman–Crippen LogP) is 14.9. The van der Waals surface area contributed by atoms with Crippen molar-refractivity contribution in [1.29, 1.82) is 0 Å². The molecule has 0 saturated carbocycles. The Kier molecular flexibility index (Phi) is 7.47. The van der Waals surface area contributed by atoms with E-state index < -0.39 is 0 Å². The van der Waals surface area contributed by atoms with E-state index in [0.717, 1.165) is 66.6 Å². The lowest BCUT2D eigenvalue weighted by atomic mass is 9.98. The van der Waals surface area contributed by atoms with Gasteiger partial charge in [0.2, 0.25) is 0 Å². The zero-order chi connectivity index (χ0) is 40.7. The molecule has 0 aliphatic heterocycles. The highest BCUT2D eigenvalue weighted by Gasteiger charge is 2.19. The lowest BCUT2D eigenvalue weighted by Crippen LogP contribution is -2.11. The summed E-state index contributed by atoms with van der Waals surface area (Å²) in [5.74, 6) is 0. The smallest absolute Gasteiger partial charge is 0.0645 e.